The van der Waals surface area contributed by atoms with Crippen molar-refractivity contribution in [1.82, 2.24) is 10.5 Å². The lowest BCUT2D eigenvalue weighted by Crippen LogP contribution is -2.28. The van der Waals surface area contributed by atoms with E-state index in [-0.39, 0.29) is 19.1 Å². The summed E-state index contributed by atoms with van der Waals surface area (Å²) in [5.74, 6) is 0.933. The molecule has 0 atom stereocenters. The number of carbonyl (C=O) groups is 1. The lowest BCUT2D eigenvalue weighted by atomic mass is 10.1. The van der Waals surface area contributed by atoms with Gasteiger partial charge in [-0.1, -0.05) is 47.1 Å². The molecule has 25 heavy (non-hydrogen) atoms. The molecule has 0 aliphatic rings. The molecule has 1 aromatic heterocycles. The van der Waals surface area contributed by atoms with Crippen LogP contribution in [-0.2, 0) is 11.3 Å². The largest absolute Gasteiger partial charge is 0.484 e. The maximum atomic E-state index is 11.9. The van der Waals surface area contributed by atoms with Gasteiger partial charge in [-0.05, 0) is 30.7 Å². The van der Waals surface area contributed by atoms with E-state index in [2.05, 4.69) is 10.5 Å². The second kappa shape index (κ2) is 7.85. The molecule has 0 fully saturated rings. The van der Waals surface area contributed by atoms with Crippen LogP contribution >= 0.6 is 11.6 Å². The molecule has 128 valence electrons. The lowest BCUT2D eigenvalue weighted by Gasteiger charge is -2.07. The number of halogens is 1. The molecule has 0 saturated heterocycles. The summed E-state index contributed by atoms with van der Waals surface area (Å²) in [6.07, 6.45) is 0. The number of amides is 1. The maximum Gasteiger partial charge on any atom is 0.258 e. The van der Waals surface area contributed by atoms with E-state index in [1.54, 1.807) is 24.3 Å². The van der Waals surface area contributed by atoms with Gasteiger partial charge in [-0.15, -0.1) is 0 Å². The Labute approximate surface area is 150 Å². The van der Waals surface area contributed by atoms with Crippen molar-refractivity contribution in [2.75, 3.05) is 6.61 Å². The number of nitrogens with zero attached hydrogens (tertiary/aromatic N) is 1. The van der Waals surface area contributed by atoms with Gasteiger partial charge in [0.15, 0.2) is 12.4 Å². The molecule has 0 saturated carbocycles. The number of rotatable bonds is 6. The molecule has 0 spiro atoms. The van der Waals surface area contributed by atoms with Gasteiger partial charge in [0.2, 0.25) is 0 Å². The van der Waals surface area contributed by atoms with Crippen molar-refractivity contribution >= 4 is 17.5 Å². The second-order valence-corrected chi connectivity index (χ2v) is 5.93. The lowest BCUT2D eigenvalue weighted by molar-refractivity contribution is -0.123. The minimum Gasteiger partial charge on any atom is -0.484 e. The van der Waals surface area contributed by atoms with E-state index in [4.69, 9.17) is 20.9 Å². The van der Waals surface area contributed by atoms with Crippen LogP contribution in [0.1, 0.15) is 11.3 Å². The molecule has 0 aliphatic heterocycles. The van der Waals surface area contributed by atoms with Gasteiger partial charge in [-0.3, -0.25) is 4.79 Å². The number of carbonyl (C=O) groups excluding carboxylic acids is 1. The Morgan fingerprint density at radius 2 is 2.00 bits per heavy atom. The van der Waals surface area contributed by atoms with Crippen LogP contribution in [0.5, 0.6) is 5.75 Å². The molecule has 0 bridgehead atoms. The summed E-state index contributed by atoms with van der Waals surface area (Å²) in [5, 5.41) is 7.41. The normalized spacial score (nSPS) is 10.5. The summed E-state index contributed by atoms with van der Waals surface area (Å²) >= 11 is 5.96. The number of benzene rings is 2. The van der Waals surface area contributed by atoms with Crippen molar-refractivity contribution in [2.45, 2.75) is 13.5 Å². The van der Waals surface area contributed by atoms with E-state index in [1.165, 1.54) is 0 Å². The average molecular weight is 357 g/mol. The van der Waals surface area contributed by atoms with Gasteiger partial charge >= 0.3 is 0 Å². The molecule has 6 heteroatoms. The smallest absolute Gasteiger partial charge is 0.258 e. The molecule has 0 radical (unpaired) electrons. The first-order valence-corrected chi connectivity index (χ1v) is 8.16. The van der Waals surface area contributed by atoms with Crippen LogP contribution in [-0.4, -0.2) is 17.7 Å². The van der Waals surface area contributed by atoms with Crippen LogP contribution in [0, 0.1) is 6.92 Å². The number of hydrogen-bond donors (Lipinski definition) is 1. The van der Waals surface area contributed by atoms with E-state index >= 15 is 0 Å². The Balaban J connectivity index is 1.49. The molecule has 1 heterocycles. The SMILES string of the molecule is Cc1cc(OCC(=O)NCc2cc(-c3ccccc3)no2)ccc1Cl. The summed E-state index contributed by atoms with van der Waals surface area (Å²) in [6.45, 7) is 2.05. The third-order valence-electron chi connectivity index (χ3n) is 3.59. The zero-order valence-corrected chi connectivity index (χ0v) is 14.4. The van der Waals surface area contributed by atoms with Crippen LogP contribution < -0.4 is 10.1 Å². The summed E-state index contributed by atoms with van der Waals surface area (Å²) in [4.78, 5) is 11.9. The van der Waals surface area contributed by atoms with Gasteiger partial charge < -0.3 is 14.6 Å². The van der Waals surface area contributed by atoms with E-state index in [1.807, 2.05) is 37.3 Å². The van der Waals surface area contributed by atoms with Crippen LogP contribution in [0.2, 0.25) is 5.02 Å². The fraction of sp³-hybridized carbons (Fsp3) is 0.158. The van der Waals surface area contributed by atoms with Gasteiger partial charge in [0, 0.05) is 16.7 Å². The first-order valence-electron chi connectivity index (χ1n) is 7.78. The third-order valence-corrected chi connectivity index (χ3v) is 4.01. The Morgan fingerprint density at radius 3 is 2.76 bits per heavy atom. The molecule has 2 aromatic carbocycles. The Hall–Kier alpha value is -2.79. The molecule has 3 aromatic rings. The number of nitrogens with one attached hydrogen (secondary N) is 1. The van der Waals surface area contributed by atoms with Gasteiger partial charge in [-0.25, -0.2) is 0 Å². The number of ether oxygens (including phenoxy) is 1. The second-order valence-electron chi connectivity index (χ2n) is 5.52. The summed E-state index contributed by atoms with van der Waals surface area (Å²) in [5.41, 5.74) is 2.60. The first kappa shape index (κ1) is 17.0. The number of aryl methyl sites for hydroxylation is 1. The van der Waals surface area contributed by atoms with Crippen LogP contribution in [0.4, 0.5) is 0 Å². The first-order chi connectivity index (χ1) is 12.1. The van der Waals surface area contributed by atoms with E-state index in [9.17, 15) is 4.79 Å². The highest BCUT2D eigenvalue weighted by Gasteiger charge is 2.09. The number of hydrogen-bond acceptors (Lipinski definition) is 4. The van der Waals surface area contributed by atoms with Crippen molar-refractivity contribution in [3.63, 3.8) is 0 Å². The van der Waals surface area contributed by atoms with Crippen molar-refractivity contribution in [3.8, 4) is 17.0 Å². The Morgan fingerprint density at radius 1 is 1.20 bits per heavy atom. The molecule has 3 rings (SSSR count). The fourth-order valence-corrected chi connectivity index (χ4v) is 2.35. The van der Waals surface area contributed by atoms with Crippen molar-refractivity contribution in [1.29, 1.82) is 0 Å². The highest BCUT2D eigenvalue weighted by Crippen LogP contribution is 2.21. The molecular weight excluding hydrogens is 340 g/mol. The highest BCUT2D eigenvalue weighted by molar-refractivity contribution is 6.31. The van der Waals surface area contributed by atoms with Crippen molar-refractivity contribution in [3.05, 3.63) is 70.9 Å². The van der Waals surface area contributed by atoms with Crippen molar-refractivity contribution < 1.29 is 14.1 Å². The molecule has 0 aliphatic carbocycles. The molecule has 1 amide bonds. The third kappa shape index (κ3) is 4.61. The average Bonchev–Trinajstić information content (AvgIpc) is 3.11. The Bertz CT molecular complexity index is 862. The quantitative estimate of drug-likeness (QED) is 0.725. The van der Waals surface area contributed by atoms with Crippen LogP contribution in [0.3, 0.4) is 0 Å². The summed E-state index contributed by atoms with van der Waals surface area (Å²) in [6, 6.07) is 16.8. The van der Waals surface area contributed by atoms with Crippen molar-refractivity contribution in [2.24, 2.45) is 0 Å². The van der Waals surface area contributed by atoms with Crippen LogP contribution in [0.15, 0.2) is 59.1 Å². The highest BCUT2D eigenvalue weighted by atomic mass is 35.5. The fourth-order valence-electron chi connectivity index (χ4n) is 2.23. The zero-order valence-electron chi connectivity index (χ0n) is 13.7. The molecule has 0 unspecified atom stereocenters. The summed E-state index contributed by atoms with van der Waals surface area (Å²) in [7, 11) is 0. The van der Waals surface area contributed by atoms with Gasteiger partial charge in [0.1, 0.15) is 11.4 Å². The molecule has 5 nitrogen and oxygen atoms in total. The van der Waals surface area contributed by atoms with E-state index in [0.717, 1.165) is 16.8 Å². The van der Waals surface area contributed by atoms with Crippen LogP contribution in [0.25, 0.3) is 11.3 Å². The van der Waals surface area contributed by atoms with Gasteiger partial charge in [0.25, 0.3) is 5.91 Å². The zero-order chi connectivity index (χ0) is 17.6. The maximum absolute atomic E-state index is 11.9. The molecular formula is C19H17ClN2O3. The predicted molar refractivity (Wildman–Crippen MR) is 95.5 cm³/mol. The van der Waals surface area contributed by atoms with Gasteiger partial charge in [-0.2, -0.15) is 0 Å². The predicted octanol–water partition coefficient (Wildman–Crippen LogP) is 4.00. The minimum atomic E-state index is -0.245. The summed E-state index contributed by atoms with van der Waals surface area (Å²) < 4.78 is 10.7. The Kier molecular flexibility index (Phi) is 5.36. The minimum absolute atomic E-state index is 0.0826. The topological polar surface area (TPSA) is 64.4 Å². The van der Waals surface area contributed by atoms with E-state index in [0.29, 0.717) is 16.5 Å². The van der Waals surface area contributed by atoms with Gasteiger partial charge in [0.05, 0.1) is 6.54 Å². The number of aromatic nitrogens is 1. The van der Waals surface area contributed by atoms with E-state index < -0.39 is 0 Å². The standard InChI is InChI=1S/C19H17ClN2O3/c1-13-9-15(7-8-17(13)20)24-12-19(23)21-11-16-10-18(22-25-16)14-5-3-2-4-6-14/h2-10H,11-12H2,1H3,(H,21,23). The monoisotopic (exact) mass is 356 g/mol. The molecule has 1 N–H and O–H groups in total.